The lowest BCUT2D eigenvalue weighted by atomic mass is 10.4. The van der Waals surface area contributed by atoms with E-state index in [4.69, 9.17) is 0 Å². The maximum Gasteiger partial charge on any atom is 0.246 e. The summed E-state index contributed by atoms with van der Waals surface area (Å²) in [6, 6.07) is 0. The number of rotatable bonds is 5. The molecule has 0 aromatic rings. The topological polar surface area (TPSA) is 23.6 Å². The van der Waals surface area contributed by atoms with E-state index in [1.54, 1.807) is 12.2 Å². The standard InChI is InChI=1S/C10H20N2O/c1-5-7-10(13)12(6-2)9-8-11(3)4/h5,7H,6,8-9H2,1-4H3/b7-5+. The summed E-state index contributed by atoms with van der Waals surface area (Å²) in [7, 11) is 4.02. The van der Waals surface area contributed by atoms with Gasteiger partial charge in [-0.1, -0.05) is 6.08 Å². The van der Waals surface area contributed by atoms with E-state index >= 15 is 0 Å². The van der Waals surface area contributed by atoms with Crippen molar-refractivity contribution in [2.24, 2.45) is 0 Å². The molecule has 0 aliphatic rings. The highest BCUT2D eigenvalue weighted by Crippen LogP contribution is 1.91. The molecular weight excluding hydrogens is 164 g/mol. The summed E-state index contributed by atoms with van der Waals surface area (Å²) >= 11 is 0. The Hall–Kier alpha value is -0.830. The third kappa shape index (κ3) is 5.42. The SMILES string of the molecule is C/C=C/C(=O)N(CC)CCN(C)C. The Labute approximate surface area is 81.0 Å². The van der Waals surface area contributed by atoms with Crippen molar-refractivity contribution in [3.63, 3.8) is 0 Å². The van der Waals surface area contributed by atoms with Crippen LogP contribution in [0.4, 0.5) is 0 Å². The molecule has 76 valence electrons. The minimum absolute atomic E-state index is 0.104. The second-order valence-electron chi connectivity index (χ2n) is 3.22. The first-order chi connectivity index (χ1) is 6.11. The van der Waals surface area contributed by atoms with Crippen LogP contribution >= 0.6 is 0 Å². The molecule has 0 N–H and O–H groups in total. The van der Waals surface area contributed by atoms with E-state index < -0.39 is 0 Å². The van der Waals surface area contributed by atoms with Crippen LogP contribution in [0, 0.1) is 0 Å². The molecule has 0 rings (SSSR count). The van der Waals surface area contributed by atoms with E-state index in [0.717, 1.165) is 19.6 Å². The Balaban J connectivity index is 3.95. The minimum Gasteiger partial charge on any atom is -0.338 e. The van der Waals surface area contributed by atoms with Gasteiger partial charge >= 0.3 is 0 Å². The predicted octanol–water partition coefficient (Wildman–Crippen LogP) is 0.973. The lowest BCUT2D eigenvalue weighted by Gasteiger charge is -2.21. The van der Waals surface area contributed by atoms with Crippen LogP contribution in [0.2, 0.25) is 0 Å². The van der Waals surface area contributed by atoms with Crippen LogP contribution < -0.4 is 0 Å². The Kier molecular flexibility index (Phi) is 6.24. The molecule has 3 nitrogen and oxygen atoms in total. The monoisotopic (exact) mass is 184 g/mol. The molecule has 0 aromatic heterocycles. The first kappa shape index (κ1) is 12.2. The van der Waals surface area contributed by atoms with Gasteiger partial charge in [0.15, 0.2) is 0 Å². The molecule has 0 saturated carbocycles. The molecule has 0 spiro atoms. The molecule has 0 heterocycles. The Morgan fingerprint density at radius 1 is 1.31 bits per heavy atom. The molecule has 0 saturated heterocycles. The van der Waals surface area contributed by atoms with Crippen molar-refractivity contribution in [1.82, 2.24) is 9.80 Å². The normalized spacial score (nSPS) is 11.2. The summed E-state index contributed by atoms with van der Waals surface area (Å²) in [5, 5.41) is 0. The molecule has 1 amide bonds. The van der Waals surface area contributed by atoms with Crippen LogP contribution in [0.1, 0.15) is 13.8 Å². The molecule has 0 atom stereocenters. The van der Waals surface area contributed by atoms with Gasteiger partial charge in [-0.25, -0.2) is 0 Å². The highest BCUT2D eigenvalue weighted by atomic mass is 16.2. The number of hydrogen-bond acceptors (Lipinski definition) is 2. The van der Waals surface area contributed by atoms with E-state index in [1.165, 1.54) is 0 Å². The average molecular weight is 184 g/mol. The summed E-state index contributed by atoms with van der Waals surface area (Å²) in [6.45, 7) is 6.34. The Bertz CT molecular complexity index is 176. The maximum atomic E-state index is 11.4. The fraction of sp³-hybridized carbons (Fsp3) is 0.700. The summed E-state index contributed by atoms with van der Waals surface area (Å²) in [5.41, 5.74) is 0. The number of nitrogens with zero attached hydrogens (tertiary/aromatic N) is 2. The van der Waals surface area contributed by atoms with Gasteiger partial charge in [0.2, 0.25) is 5.91 Å². The number of allylic oxidation sites excluding steroid dienone is 1. The van der Waals surface area contributed by atoms with E-state index in [-0.39, 0.29) is 5.91 Å². The second kappa shape index (κ2) is 6.66. The van der Waals surface area contributed by atoms with Gasteiger partial charge in [-0.2, -0.15) is 0 Å². The van der Waals surface area contributed by atoms with Crippen molar-refractivity contribution in [3.8, 4) is 0 Å². The van der Waals surface area contributed by atoms with Crippen molar-refractivity contribution in [2.45, 2.75) is 13.8 Å². The number of likely N-dealkylation sites (N-methyl/N-ethyl adjacent to an activating group) is 2. The average Bonchev–Trinajstić information content (AvgIpc) is 2.05. The molecule has 0 radical (unpaired) electrons. The van der Waals surface area contributed by atoms with Crippen LogP contribution in [0.25, 0.3) is 0 Å². The summed E-state index contributed by atoms with van der Waals surface area (Å²) in [4.78, 5) is 15.3. The maximum absolute atomic E-state index is 11.4. The van der Waals surface area contributed by atoms with Crippen molar-refractivity contribution >= 4 is 5.91 Å². The number of hydrogen-bond donors (Lipinski definition) is 0. The molecule has 3 heteroatoms. The Morgan fingerprint density at radius 2 is 1.92 bits per heavy atom. The van der Waals surface area contributed by atoms with Gasteiger partial charge in [-0.05, 0) is 34.0 Å². The zero-order chi connectivity index (χ0) is 10.3. The lowest BCUT2D eigenvalue weighted by molar-refractivity contribution is -0.126. The van der Waals surface area contributed by atoms with Crippen molar-refractivity contribution in [1.29, 1.82) is 0 Å². The van der Waals surface area contributed by atoms with Gasteiger partial charge in [0, 0.05) is 19.6 Å². The summed E-state index contributed by atoms with van der Waals surface area (Å²) < 4.78 is 0. The molecule has 0 aliphatic heterocycles. The van der Waals surface area contributed by atoms with Crippen LogP contribution in [0.5, 0.6) is 0 Å². The first-order valence-corrected chi connectivity index (χ1v) is 4.68. The Morgan fingerprint density at radius 3 is 2.31 bits per heavy atom. The lowest BCUT2D eigenvalue weighted by Crippen LogP contribution is -2.35. The molecule has 0 unspecified atom stereocenters. The van der Waals surface area contributed by atoms with E-state index in [2.05, 4.69) is 4.90 Å². The van der Waals surface area contributed by atoms with Gasteiger partial charge in [0.25, 0.3) is 0 Å². The minimum atomic E-state index is 0.104. The van der Waals surface area contributed by atoms with Crippen LogP contribution in [0.15, 0.2) is 12.2 Å². The first-order valence-electron chi connectivity index (χ1n) is 4.68. The van der Waals surface area contributed by atoms with E-state index in [9.17, 15) is 4.79 Å². The van der Waals surface area contributed by atoms with Gasteiger partial charge in [0.1, 0.15) is 0 Å². The van der Waals surface area contributed by atoms with Gasteiger partial charge in [-0.3, -0.25) is 4.79 Å². The summed E-state index contributed by atoms with van der Waals surface area (Å²) in [5.74, 6) is 0.104. The molecular formula is C10H20N2O. The molecule has 0 aliphatic carbocycles. The largest absolute Gasteiger partial charge is 0.338 e. The molecule has 13 heavy (non-hydrogen) atoms. The van der Waals surface area contributed by atoms with Crippen molar-refractivity contribution in [3.05, 3.63) is 12.2 Å². The van der Waals surface area contributed by atoms with Crippen LogP contribution in [-0.2, 0) is 4.79 Å². The molecule has 0 aromatic carbocycles. The zero-order valence-corrected chi connectivity index (χ0v) is 9.08. The number of carbonyl (C=O) groups excluding carboxylic acids is 1. The van der Waals surface area contributed by atoms with E-state index in [1.807, 2.05) is 32.8 Å². The quantitative estimate of drug-likeness (QED) is 0.594. The summed E-state index contributed by atoms with van der Waals surface area (Å²) in [6.07, 6.45) is 3.39. The number of amides is 1. The van der Waals surface area contributed by atoms with E-state index in [0.29, 0.717) is 0 Å². The zero-order valence-electron chi connectivity index (χ0n) is 9.08. The highest BCUT2D eigenvalue weighted by molar-refractivity contribution is 5.87. The van der Waals surface area contributed by atoms with Crippen molar-refractivity contribution < 1.29 is 4.79 Å². The third-order valence-electron chi connectivity index (χ3n) is 1.82. The van der Waals surface area contributed by atoms with Crippen LogP contribution in [-0.4, -0.2) is 49.4 Å². The van der Waals surface area contributed by atoms with Crippen molar-refractivity contribution in [2.75, 3.05) is 33.7 Å². The highest BCUT2D eigenvalue weighted by Gasteiger charge is 2.06. The van der Waals surface area contributed by atoms with Gasteiger partial charge in [0.05, 0.1) is 0 Å². The van der Waals surface area contributed by atoms with Crippen LogP contribution in [0.3, 0.4) is 0 Å². The van der Waals surface area contributed by atoms with Gasteiger partial charge < -0.3 is 9.80 Å². The number of carbonyl (C=O) groups is 1. The third-order valence-corrected chi connectivity index (χ3v) is 1.82. The fourth-order valence-corrected chi connectivity index (χ4v) is 0.993. The predicted molar refractivity (Wildman–Crippen MR) is 55.6 cm³/mol. The smallest absolute Gasteiger partial charge is 0.246 e. The second-order valence-corrected chi connectivity index (χ2v) is 3.22. The molecule has 0 fully saturated rings. The fourth-order valence-electron chi connectivity index (χ4n) is 0.993. The van der Waals surface area contributed by atoms with Gasteiger partial charge in [-0.15, -0.1) is 0 Å². The molecule has 0 bridgehead atoms.